The maximum atomic E-state index is 5.34. The van der Waals surface area contributed by atoms with Crippen LogP contribution in [0.25, 0.3) is 0 Å². The summed E-state index contributed by atoms with van der Waals surface area (Å²) in [6, 6.07) is 0. The topological polar surface area (TPSA) is 70.5 Å². The lowest BCUT2D eigenvalue weighted by molar-refractivity contribution is 0.0408. The molecule has 0 aromatic carbocycles. The number of nitrogens with two attached hydrogens (primary N) is 2. The van der Waals surface area contributed by atoms with Crippen molar-refractivity contribution in [2.24, 2.45) is 11.5 Å². The average Bonchev–Trinajstić information content (AvgIpc) is 2.33. The van der Waals surface area contributed by atoms with Crippen molar-refractivity contribution in [3.05, 3.63) is 0 Å². The van der Waals surface area contributed by atoms with Gasteiger partial charge in [0.15, 0.2) is 0 Å². The van der Waals surface area contributed by atoms with E-state index in [0.29, 0.717) is 19.9 Å². The van der Waals surface area contributed by atoms with E-state index < -0.39 is 0 Å². The minimum absolute atomic E-state index is 0.00926. The van der Waals surface area contributed by atoms with Gasteiger partial charge in [-0.3, -0.25) is 0 Å². The third kappa shape index (κ3) is 1.40. The van der Waals surface area contributed by atoms with Crippen molar-refractivity contribution in [1.29, 1.82) is 0 Å². The standard InChI is InChI=1S/C5H12N2O2/c6-1-4-5(2-7)9-3-8-4/h4-5H,1-3,6-7H2. The quantitative estimate of drug-likeness (QED) is 0.487. The molecule has 9 heavy (non-hydrogen) atoms. The SMILES string of the molecule is NCC1OCOC1CN. The first-order chi connectivity index (χ1) is 4.38. The minimum Gasteiger partial charge on any atom is -0.348 e. The van der Waals surface area contributed by atoms with Crippen LogP contribution in [0, 0.1) is 0 Å². The Morgan fingerprint density at radius 2 is 1.56 bits per heavy atom. The van der Waals surface area contributed by atoms with Gasteiger partial charge in [-0.15, -0.1) is 0 Å². The molecule has 2 atom stereocenters. The van der Waals surface area contributed by atoms with Gasteiger partial charge in [0, 0.05) is 13.1 Å². The molecule has 1 rings (SSSR count). The predicted molar refractivity (Wildman–Crippen MR) is 32.7 cm³/mol. The summed E-state index contributed by atoms with van der Waals surface area (Å²) in [6.45, 7) is 1.31. The lowest BCUT2D eigenvalue weighted by Gasteiger charge is -2.11. The lowest BCUT2D eigenvalue weighted by atomic mass is 10.2. The summed E-state index contributed by atoms with van der Waals surface area (Å²) in [5.74, 6) is 0. The van der Waals surface area contributed by atoms with Gasteiger partial charge in [0.25, 0.3) is 0 Å². The van der Waals surface area contributed by atoms with Crippen LogP contribution >= 0.6 is 0 Å². The average molecular weight is 132 g/mol. The van der Waals surface area contributed by atoms with Crippen molar-refractivity contribution in [2.45, 2.75) is 12.2 Å². The van der Waals surface area contributed by atoms with Crippen LogP contribution in [0.1, 0.15) is 0 Å². The van der Waals surface area contributed by atoms with Crippen molar-refractivity contribution < 1.29 is 9.47 Å². The fourth-order valence-corrected chi connectivity index (χ4v) is 0.868. The third-order valence-electron chi connectivity index (χ3n) is 1.44. The first-order valence-electron chi connectivity index (χ1n) is 3.02. The van der Waals surface area contributed by atoms with Crippen molar-refractivity contribution in [3.63, 3.8) is 0 Å². The molecule has 4 heteroatoms. The minimum atomic E-state index is 0.00926. The summed E-state index contributed by atoms with van der Waals surface area (Å²) in [7, 11) is 0. The Labute approximate surface area is 54.1 Å². The molecule has 0 aromatic rings. The summed E-state index contributed by atoms with van der Waals surface area (Å²) in [5.41, 5.74) is 10.7. The van der Waals surface area contributed by atoms with Crippen LogP contribution in [0.4, 0.5) is 0 Å². The van der Waals surface area contributed by atoms with Crippen LogP contribution in [0.5, 0.6) is 0 Å². The number of hydrogen-bond donors (Lipinski definition) is 2. The molecule has 0 saturated carbocycles. The highest BCUT2D eigenvalue weighted by Gasteiger charge is 2.25. The van der Waals surface area contributed by atoms with Gasteiger partial charge in [-0.1, -0.05) is 0 Å². The van der Waals surface area contributed by atoms with E-state index in [0.717, 1.165) is 0 Å². The smallest absolute Gasteiger partial charge is 0.147 e. The molecule has 1 aliphatic rings. The summed E-state index contributed by atoms with van der Waals surface area (Å²) >= 11 is 0. The van der Waals surface area contributed by atoms with Gasteiger partial charge in [0.2, 0.25) is 0 Å². The third-order valence-corrected chi connectivity index (χ3v) is 1.44. The van der Waals surface area contributed by atoms with Crippen molar-refractivity contribution >= 4 is 0 Å². The number of ether oxygens (including phenoxy) is 2. The van der Waals surface area contributed by atoms with E-state index in [4.69, 9.17) is 20.9 Å². The van der Waals surface area contributed by atoms with Crippen LogP contribution < -0.4 is 11.5 Å². The molecule has 1 fully saturated rings. The van der Waals surface area contributed by atoms with E-state index >= 15 is 0 Å². The molecule has 0 aromatic heterocycles. The van der Waals surface area contributed by atoms with E-state index in [1.165, 1.54) is 0 Å². The monoisotopic (exact) mass is 132 g/mol. The van der Waals surface area contributed by atoms with Gasteiger partial charge >= 0.3 is 0 Å². The van der Waals surface area contributed by atoms with Gasteiger partial charge in [-0.05, 0) is 0 Å². The fourth-order valence-electron chi connectivity index (χ4n) is 0.868. The Morgan fingerprint density at radius 1 is 1.11 bits per heavy atom. The molecule has 0 aliphatic carbocycles. The highest BCUT2D eigenvalue weighted by atomic mass is 16.7. The molecule has 4 nitrogen and oxygen atoms in total. The summed E-state index contributed by atoms with van der Waals surface area (Å²) < 4.78 is 10.2. The maximum Gasteiger partial charge on any atom is 0.147 e. The molecule has 1 aliphatic heterocycles. The Hall–Kier alpha value is -0.160. The van der Waals surface area contributed by atoms with Gasteiger partial charge in [0.1, 0.15) is 19.0 Å². The normalized spacial score (nSPS) is 35.3. The second-order valence-corrected chi connectivity index (χ2v) is 2.00. The molecule has 4 N–H and O–H groups in total. The Kier molecular flexibility index (Phi) is 2.41. The number of rotatable bonds is 2. The lowest BCUT2D eigenvalue weighted by Crippen LogP contribution is -2.35. The first-order valence-corrected chi connectivity index (χ1v) is 3.02. The van der Waals surface area contributed by atoms with Gasteiger partial charge < -0.3 is 20.9 Å². The second-order valence-electron chi connectivity index (χ2n) is 2.00. The molecule has 1 heterocycles. The summed E-state index contributed by atoms with van der Waals surface area (Å²) in [5, 5.41) is 0. The zero-order valence-corrected chi connectivity index (χ0v) is 5.25. The predicted octanol–water partition coefficient (Wildman–Crippen LogP) is -1.35. The van der Waals surface area contributed by atoms with Gasteiger partial charge in [-0.2, -0.15) is 0 Å². The molecule has 0 bridgehead atoms. The molecule has 0 radical (unpaired) electrons. The second kappa shape index (κ2) is 3.12. The van der Waals surface area contributed by atoms with Crippen molar-refractivity contribution in [2.75, 3.05) is 19.9 Å². The largest absolute Gasteiger partial charge is 0.348 e. The molecule has 1 saturated heterocycles. The van der Waals surface area contributed by atoms with Crippen LogP contribution in [-0.4, -0.2) is 32.1 Å². The van der Waals surface area contributed by atoms with Crippen LogP contribution in [0.3, 0.4) is 0 Å². The van der Waals surface area contributed by atoms with E-state index in [1.54, 1.807) is 0 Å². The molecule has 54 valence electrons. The van der Waals surface area contributed by atoms with E-state index in [9.17, 15) is 0 Å². The highest BCUT2D eigenvalue weighted by Crippen LogP contribution is 2.09. The van der Waals surface area contributed by atoms with E-state index in [-0.39, 0.29) is 12.2 Å². The fraction of sp³-hybridized carbons (Fsp3) is 1.00. The molecule has 0 spiro atoms. The zero-order valence-electron chi connectivity index (χ0n) is 5.25. The van der Waals surface area contributed by atoms with Crippen LogP contribution in [-0.2, 0) is 9.47 Å². The highest BCUT2D eigenvalue weighted by molar-refractivity contribution is 4.74. The summed E-state index contributed by atoms with van der Waals surface area (Å²) in [4.78, 5) is 0. The molecular formula is C5H12N2O2. The van der Waals surface area contributed by atoms with Crippen molar-refractivity contribution in [1.82, 2.24) is 0 Å². The van der Waals surface area contributed by atoms with Crippen molar-refractivity contribution in [3.8, 4) is 0 Å². The first kappa shape index (κ1) is 6.95. The molecule has 0 amide bonds. The number of hydrogen-bond acceptors (Lipinski definition) is 4. The molecule has 2 unspecified atom stereocenters. The zero-order chi connectivity index (χ0) is 6.69. The maximum absolute atomic E-state index is 5.34. The van der Waals surface area contributed by atoms with Crippen LogP contribution in [0.15, 0.2) is 0 Å². The van der Waals surface area contributed by atoms with E-state index in [2.05, 4.69) is 0 Å². The Morgan fingerprint density at radius 3 is 1.89 bits per heavy atom. The Bertz CT molecular complexity index is 79.0. The van der Waals surface area contributed by atoms with Gasteiger partial charge in [0.05, 0.1) is 0 Å². The van der Waals surface area contributed by atoms with Crippen LogP contribution in [0.2, 0.25) is 0 Å². The summed E-state index contributed by atoms with van der Waals surface area (Å²) in [6.07, 6.45) is 0.0185. The molecular weight excluding hydrogens is 120 g/mol. The van der Waals surface area contributed by atoms with E-state index in [1.807, 2.05) is 0 Å². The van der Waals surface area contributed by atoms with Gasteiger partial charge in [-0.25, -0.2) is 0 Å². The Balaban J connectivity index is 2.32.